The van der Waals surface area contributed by atoms with Gasteiger partial charge in [0.25, 0.3) is 5.91 Å². The molecular weight excluding hydrogens is 360 g/mol. The molecule has 0 aromatic heterocycles. The topological polar surface area (TPSA) is 59.9 Å². The van der Waals surface area contributed by atoms with Crippen LogP contribution in [0.1, 0.15) is 31.9 Å². The van der Waals surface area contributed by atoms with Gasteiger partial charge in [-0.3, -0.25) is 4.79 Å². The number of nitrogens with zero attached hydrogens (tertiary/aromatic N) is 1. The molecule has 144 valence electrons. The van der Waals surface area contributed by atoms with Crippen LogP contribution in [-0.2, 0) is 10.5 Å². The summed E-state index contributed by atoms with van der Waals surface area (Å²) in [6.45, 7) is 6.85. The molecule has 2 aromatic carbocycles. The molecule has 1 amide bonds. The van der Waals surface area contributed by atoms with E-state index in [1.807, 2.05) is 57.2 Å². The lowest BCUT2D eigenvalue weighted by Crippen LogP contribution is -2.27. The smallest absolute Gasteiger partial charge is 0.252 e. The number of rotatable bonds is 10. The van der Waals surface area contributed by atoms with E-state index < -0.39 is 0 Å². The number of hydrogen-bond donors (Lipinski definition) is 1. The average Bonchev–Trinajstić information content (AvgIpc) is 2.69. The number of benzene rings is 2. The molecule has 5 nitrogen and oxygen atoms in total. The normalized spacial score (nSPS) is 12.0. The van der Waals surface area contributed by atoms with Crippen LogP contribution < -0.4 is 14.9 Å². The quantitative estimate of drug-likeness (QED) is 0.490. The highest BCUT2D eigenvalue weighted by Crippen LogP contribution is 2.28. The van der Waals surface area contributed by atoms with Gasteiger partial charge < -0.3 is 9.47 Å². The third kappa shape index (κ3) is 6.98. The zero-order valence-corrected chi connectivity index (χ0v) is 16.8. The van der Waals surface area contributed by atoms with Crippen molar-refractivity contribution in [3.05, 3.63) is 59.7 Å². The van der Waals surface area contributed by atoms with Crippen LogP contribution in [-0.4, -0.2) is 30.6 Å². The number of nitrogens with one attached hydrogen (secondary N) is 1. The molecule has 0 radical (unpaired) electrons. The van der Waals surface area contributed by atoms with Crippen LogP contribution in [0.2, 0.25) is 0 Å². The number of carbonyl (C=O) groups is 1. The van der Waals surface area contributed by atoms with Gasteiger partial charge in [-0.1, -0.05) is 30.3 Å². The van der Waals surface area contributed by atoms with Crippen LogP contribution in [0.3, 0.4) is 0 Å². The average molecular weight is 387 g/mol. The second kappa shape index (κ2) is 11.3. The molecule has 0 spiro atoms. The van der Waals surface area contributed by atoms with Crippen molar-refractivity contribution in [3.8, 4) is 11.5 Å². The SMILES string of the molecule is CCOc1ccc(/C=N\NC(=O)C(C)SCc2ccccc2)cc1OCC. The molecule has 0 bridgehead atoms. The van der Waals surface area contributed by atoms with E-state index >= 15 is 0 Å². The second-order valence-electron chi connectivity index (χ2n) is 5.75. The Morgan fingerprint density at radius 2 is 1.81 bits per heavy atom. The van der Waals surface area contributed by atoms with E-state index in [0.717, 1.165) is 11.3 Å². The summed E-state index contributed by atoms with van der Waals surface area (Å²) in [5.41, 5.74) is 4.62. The standard InChI is InChI=1S/C21H26N2O3S/c1-4-25-19-12-11-18(13-20(19)26-5-2)14-22-23-21(24)16(3)27-15-17-9-7-6-8-10-17/h6-14,16H,4-5,15H2,1-3H3,(H,23,24)/b22-14-. The highest BCUT2D eigenvalue weighted by Gasteiger charge is 2.12. The Labute approximate surface area is 165 Å². The molecule has 2 rings (SSSR count). The van der Waals surface area contributed by atoms with E-state index in [1.165, 1.54) is 5.56 Å². The molecule has 6 heteroatoms. The molecule has 2 aromatic rings. The molecule has 0 aliphatic carbocycles. The summed E-state index contributed by atoms with van der Waals surface area (Å²) in [4.78, 5) is 12.2. The second-order valence-corrected chi connectivity index (χ2v) is 7.07. The van der Waals surface area contributed by atoms with Crippen molar-refractivity contribution in [2.75, 3.05) is 13.2 Å². The van der Waals surface area contributed by atoms with Crippen LogP contribution in [0.15, 0.2) is 53.6 Å². The predicted molar refractivity (Wildman–Crippen MR) is 112 cm³/mol. The fourth-order valence-electron chi connectivity index (χ4n) is 2.28. The first-order valence-electron chi connectivity index (χ1n) is 9.02. The van der Waals surface area contributed by atoms with Crippen molar-refractivity contribution in [1.82, 2.24) is 5.43 Å². The highest BCUT2D eigenvalue weighted by molar-refractivity contribution is 7.99. The van der Waals surface area contributed by atoms with E-state index in [4.69, 9.17) is 9.47 Å². The molecule has 1 N–H and O–H groups in total. The molecular formula is C21H26N2O3S. The lowest BCUT2D eigenvalue weighted by atomic mass is 10.2. The maximum absolute atomic E-state index is 12.2. The Kier molecular flexibility index (Phi) is 8.71. The minimum Gasteiger partial charge on any atom is -0.490 e. The van der Waals surface area contributed by atoms with E-state index in [9.17, 15) is 4.79 Å². The number of hydrogen-bond acceptors (Lipinski definition) is 5. The molecule has 0 saturated heterocycles. The van der Waals surface area contributed by atoms with Gasteiger partial charge in [-0.25, -0.2) is 5.43 Å². The lowest BCUT2D eigenvalue weighted by molar-refractivity contribution is -0.120. The summed E-state index contributed by atoms with van der Waals surface area (Å²) in [5.74, 6) is 2.03. The van der Waals surface area contributed by atoms with Gasteiger partial charge in [0.2, 0.25) is 0 Å². The summed E-state index contributed by atoms with van der Waals surface area (Å²) in [6.07, 6.45) is 1.60. The third-order valence-electron chi connectivity index (χ3n) is 3.67. The number of thioether (sulfide) groups is 1. The maximum atomic E-state index is 12.2. The van der Waals surface area contributed by atoms with Crippen molar-refractivity contribution < 1.29 is 14.3 Å². The summed E-state index contributed by atoms with van der Waals surface area (Å²) < 4.78 is 11.1. The van der Waals surface area contributed by atoms with Crippen molar-refractivity contribution in [2.45, 2.75) is 31.8 Å². The minimum atomic E-state index is -0.193. The third-order valence-corrected chi connectivity index (χ3v) is 4.88. The largest absolute Gasteiger partial charge is 0.490 e. The summed E-state index contributed by atoms with van der Waals surface area (Å²) in [6, 6.07) is 15.6. The van der Waals surface area contributed by atoms with Crippen LogP contribution in [0.4, 0.5) is 0 Å². The van der Waals surface area contributed by atoms with E-state index in [1.54, 1.807) is 18.0 Å². The van der Waals surface area contributed by atoms with Gasteiger partial charge in [0.05, 0.1) is 24.7 Å². The molecule has 0 aliphatic rings. The Balaban J connectivity index is 1.88. The first-order chi connectivity index (χ1) is 13.1. The van der Waals surface area contributed by atoms with Crippen LogP contribution >= 0.6 is 11.8 Å². The number of amides is 1. The zero-order chi connectivity index (χ0) is 19.5. The van der Waals surface area contributed by atoms with Gasteiger partial charge in [0.15, 0.2) is 11.5 Å². The number of hydrazone groups is 1. The van der Waals surface area contributed by atoms with Crippen LogP contribution in [0, 0.1) is 0 Å². The Bertz CT molecular complexity index is 750. The van der Waals surface area contributed by atoms with Gasteiger partial charge in [0, 0.05) is 5.75 Å². The van der Waals surface area contributed by atoms with Crippen LogP contribution in [0.5, 0.6) is 11.5 Å². The van der Waals surface area contributed by atoms with Crippen molar-refractivity contribution >= 4 is 23.9 Å². The first-order valence-corrected chi connectivity index (χ1v) is 10.1. The van der Waals surface area contributed by atoms with Crippen molar-refractivity contribution in [1.29, 1.82) is 0 Å². The van der Waals surface area contributed by atoms with E-state index in [2.05, 4.69) is 22.7 Å². The van der Waals surface area contributed by atoms with Crippen molar-refractivity contribution in [3.63, 3.8) is 0 Å². The molecule has 0 heterocycles. The fraction of sp³-hybridized carbons (Fsp3) is 0.333. The predicted octanol–water partition coefficient (Wildman–Crippen LogP) is 4.26. The molecule has 1 unspecified atom stereocenters. The van der Waals surface area contributed by atoms with E-state index in [0.29, 0.717) is 24.7 Å². The van der Waals surface area contributed by atoms with Gasteiger partial charge >= 0.3 is 0 Å². The summed E-state index contributed by atoms with van der Waals surface area (Å²) >= 11 is 1.58. The van der Waals surface area contributed by atoms with Gasteiger partial charge in [-0.2, -0.15) is 5.10 Å². The van der Waals surface area contributed by atoms with Crippen LogP contribution in [0.25, 0.3) is 0 Å². The molecule has 27 heavy (non-hydrogen) atoms. The summed E-state index contributed by atoms with van der Waals surface area (Å²) in [5, 5.41) is 3.87. The van der Waals surface area contributed by atoms with Gasteiger partial charge in [-0.15, -0.1) is 11.8 Å². The Hall–Kier alpha value is -2.47. The molecule has 0 fully saturated rings. The number of carbonyl (C=O) groups excluding carboxylic acids is 1. The van der Waals surface area contributed by atoms with Gasteiger partial charge in [0.1, 0.15) is 0 Å². The molecule has 0 aliphatic heterocycles. The molecule has 0 saturated carbocycles. The minimum absolute atomic E-state index is 0.122. The van der Waals surface area contributed by atoms with Gasteiger partial charge in [-0.05, 0) is 50.1 Å². The lowest BCUT2D eigenvalue weighted by Gasteiger charge is -2.11. The van der Waals surface area contributed by atoms with Crippen molar-refractivity contribution in [2.24, 2.45) is 5.10 Å². The summed E-state index contributed by atoms with van der Waals surface area (Å²) in [7, 11) is 0. The maximum Gasteiger partial charge on any atom is 0.252 e. The first kappa shape index (κ1) is 20.8. The monoisotopic (exact) mass is 386 g/mol. The number of ether oxygens (including phenoxy) is 2. The zero-order valence-electron chi connectivity index (χ0n) is 16.0. The highest BCUT2D eigenvalue weighted by atomic mass is 32.2. The molecule has 1 atom stereocenters. The Morgan fingerprint density at radius 3 is 2.52 bits per heavy atom. The Morgan fingerprint density at radius 1 is 1.11 bits per heavy atom. The van der Waals surface area contributed by atoms with E-state index in [-0.39, 0.29) is 11.2 Å². The fourth-order valence-corrected chi connectivity index (χ4v) is 3.12.